The normalized spacial score (nSPS) is 16.3. The van der Waals surface area contributed by atoms with Crippen LogP contribution in [0.25, 0.3) is 0 Å². The average Bonchev–Trinajstić information content (AvgIpc) is 2.42. The van der Waals surface area contributed by atoms with Crippen LogP contribution in [0.1, 0.15) is 55.8 Å². The van der Waals surface area contributed by atoms with Crippen LogP contribution in [0, 0.1) is 5.92 Å². The fourth-order valence-corrected chi connectivity index (χ4v) is 3.21. The number of hydrogen-bond donors (Lipinski definition) is 0. The first-order valence-corrected chi connectivity index (χ1v) is 7.95. The number of halogens is 1. The lowest BCUT2D eigenvalue weighted by atomic mass is 9.85. The smallest absolute Gasteiger partial charge is 0.163 e. The van der Waals surface area contributed by atoms with Crippen molar-refractivity contribution in [2.45, 2.75) is 45.4 Å². The zero-order valence-corrected chi connectivity index (χ0v) is 13.0. The Kier molecular flexibility index (Phi) is 5.44. The Balaban J connectivity index is 2.00. The lowest BCUT2D eigenvalue weighted by Crippen LogP contribution is -2.12. The molecule has 1 aliphatic rings. The molecule has 0 aliphatic heterocycles. The van der Waals surface area contributed by atoms with E-state index in [0.29, 0.717) is 18.9 Å². The predicted octanol–water partition coefficient (Wildman–Crippen LogP) is 5.00. The maximum atomic E-state index is 12.3. The van der Waals surface area contributed by atoms with Gasteiger partial charge in [-0.3, -0.25) is 4.79 Å². The van der Waals surface area contributed by atoms with Gasteiger partial charge in [0.25, 0.3) is 0 Å². The number of benzene rings is 1. The number of ether oxygens (including phenoxy) is 1. The van der Waals surface area contributed by atoms with Crippen molar-refractivity contribution in [1.82, 2.24) is 0 Å². The Morgan fingerprint density at radius 2 is 2.05 bits per heavy atom. The molecule has 0 amide bonds. The van der Waals surface area contributed by atoms with E-state index in [4.69, 9.17) is 4.74 Å². The molecule has 1 saturated carbocycles. The standard InChI is InChI=1S/C16H21BrO2/c1-2-19-16-9-8-13(11-14(16)17)15(18)10-12-6-4-3-5-7-12/h8-9,11-12H,2-7,10H2,1H3. The van der Waals surface area contributed by atoms with Gasteiger partial charge in [0.1, 0.15) is 5.75 Å². The minimum Gasteiger partial charge on any atom is -0.493 e. The fourth-order valence-electron chi connectivity index (χ4n) is 2.72. The second-order valence-corrected chi connectivity index (χ2v) is 6.06. The van der Waals surface area contributed by atoms with Gasteiger partial charge in [-0.15, -0.1) is 0 Å². The molecule has 0 unspecified atom stereocenters. The zero-order chi connectivity index (χ0) is 13.7. The highest BCUT2D eigenvalue weighted by Crippen LogP contribution is 2.30. The third-order valence-corrected chi connectivity index (χ3v) is 4.37. The van der Waals surface area contributed by atoms with Crippen molar-refractivity contribution in [3.05, 3.63) is 28.2 Å². The van der Waals surface area contributed by atoms with Gasteiger partial charge >= 0.3 is 0 Å². The van der Waals surface area contributed by atoms with Gasteiger partial charge in [-0.05, 0) is 47.0 Å². The maximum absolute atomic E-state index is 12.3. The van der Waals surface area contributed by atoms with Gasteiger partial charge in [-0.1, -0.05) is 32.1 Å². The van der Waals surface area contributed by atoms with Crippen molar-refractivity contribution < 1.29 is 9.53 Å². The summed E-state index contributed by atoms with van der Waals surface area (Å²) in [7, 11) is 0. The van der Waals surface area contributed by atoms with Crippen LogP contribution in [-0.4, -0.2) is 12.4 Å². The summed E-state index contributed by atoms with van der Waals surface area (Å²) in [5, 5.41) is 0. The molecule has 0 bridgehead atoms. The van der Waals surface area contributed by atoms with Crippen LogP contribution in [0.5, 0.6) is 5.75 Å². The predicted molar refractivity (Wildman–Crippen MR) is 80.8 cm³/mol. The van der Waals surface area contributed by atoms with Gasteiger partial charge in [0.15, 0.2) is 5.78 Å². The summed E-state index contributed by atoms with van der Waals surface area (Å²) < 4.78 is 6.33. The van der Waals surface area contributed by atoms with E-state index < -0.39 is 0 Å². The maximum Gasteiger partial charge on any atom is 0.163 e. The highest BCUT2D eigenvalue weighted by atomic mass is 79.9. The summed E-state index contributed by atoms with van der Waals surface area (Å²) in [4.78, 5) is 12.3. The molecule has 0 saturated heterocycles. The summed E-state index contributed by atoms with van der Waals surface area (Å²) in [6.45, 7) is 2.59. The van der Waals surface area contributed by atoms with Gasteiger partial charge in [0, 0.05) is 12.0 Å². The van der Waals surface area contributed by atoms with Crippen LogP contribution in [-0.2, 0) is 0 Å². The summed E-state index contributed by atoms with van der Waals surface area (Å²) >= 11 is 3.46. The molecule has 3 heteroatoms. The minimum atomic E-state index is 0.260. The second-order valence-electron chi connectivity index (χ2n) is 5.21. The molecule has 0 atom stereocenters. The fraction of sp³-hybridized carbons (Fsp3) is 0.562. The van der Waals surface area contributed by atoms with E-state index in [2.05, 4.69) is 15.9 Å². The van der Waals surface area contributed by atoms with Gasteiger partial charge in [-0.25, -0.2) is 0 Å². The Morgan fingerprint density at radius 1 is 1.32 bits per heavy atom. The van der Waals surface area contributed by atoms with E-state index in [9.17, 15) is 4.79 Å². The molecule has 1 aromatic carbocycles. The molecule has 1 aromatic rings. The number of carbonyl (C=O) groups is 1. The molecule has 0 radical (unpaired) electrons. The molecule has 1 fully saturated rings. The molecular formula is C16H21BrO2. The van der Waals surface area contributed by atoms with Gasteiger partial charge in [0.05, 0.1) is 11.1 Å². The first-order chi connectivity index (χ1) is 9.20. The Bertz CT molecular complexity index is 436. The third kappa shape index (κ3) is 4.07. The topological polar surface area (TPSA) is 26.3 Å². The Morgan fingerprint density at radius 3 is 2.68 bits per heavy atom. The molecule has 0 spiro atoms. The van der Waals surface area contributed by atoms with Crippen LogP contribution in [0.3, 0.4) is 0 Å². The number of ketones is 1. The van der Waals surface area contributed by atoms with Crippen LogP contribution in [0.15, 0.2) is 22.7 Å². The van der Waals surface area contributed by atoms with Crippen LogP contribution >= 0.6 is 15.9 Å². The zero-order valence-electron chi connectivity index (χ0n) is 11.5. The summed E-state index contributed by atoms with van der Waals surface area (Å²) in [5.41, 5.74) is 0.793. The number of hydrogen-bond acceptors (Lipinski definition) is 2. The summed E-state index contributed by atoms with van der Waals surface area (Å²) in [6, 6.07) is 5.64. The van der Waals surface area contributed by atoms with Crippen LogP contribution in [0.4, 0.5) is 0 Å². The highest BCUT2D eigenvalue weighted by molar-refractivity contribution is 9.10. The molecule has 0 aromatic heterocycles. The van der Waals surface area contributed by atoms with Crippen molar-refractivity contribution >= 4 is 21.7 Å². The first-order valence-electron chi connectivity index (χ1n) is 7.16. The SMILES string of the molecule is CCOc1ccc(C(=O)CC2CCCCC2)cc1Br. The molecular weight excluding hydrogens is 304 g/mol. The Labute approximate surface area is 123 Å². The monoisotopic (exact) mass is 324 g/mol. The first kappa shape index (κ1) is 14.6. The van der Waals surface area contributed by atoms with Crippen molar-refractivity contribution in [3.8, 4) is 5.75 Å². The summed E-state index contributed by atoms with van der Waals surface area (Å²) in [6.07, 6.45) is 7.02. The lowest BCUT2D eigenvalue weighted by Gasteiger charge is -2.20. The van der Waals surface area contributed by atoms with E-state index in [1.54, 1.807) is 0 Å². The van der Waals surface area contributed by atoms with Gasteiger partial charge in [-0.2, -0.15) is 0 Å². The summed E-state index contributed by atoms with van der Waals surface area (Å²) in [5.74, 6) is 1.65. The molecule has 1 aliphatic carbocycles. The largest absolute Gasteiger partial charge is 0.493 e. The van der Waals surface area contributed by atoms with Crippen molar-refractivity contribution in [3.63, 3.8) is 0 Å². The van der Waals surface area contributed by atoms with Crippen LogP contribution < -0.4 is 4.74 Å². The number of Topliss-reactive ketones (excluding diaryl/α,β-unsaturated/α-hetero) is 1. The minimum absolute atomic E-state index is 0.260. The van der Waals surface area contributed by atoms with Gasteiger partial charge < -0.3 is 4.74 Å². The molecule has 0 N–H and O–H groups in total. The van der Waals surface area contributed by atoms with Crippen LogP contribution in [0.2, 0.25) is 0 Å². The van der Waals surface area contributed by atoms with E-state index in [-0.39, 0.29) is 5.78 Å². The quantitative estimate of drug-likeness (QED) is 0.712. The Hall–Kier alpha value is -0.830. The van der Waals surface area contributed by atoms with Crippen molar-refractivity contribution in [2.24, 2.45) is 5.92 Å². The average molecular weight is 325 g/mol. The van der Waals surface area contributed by atoms with Crippen molar-refractivity contribution in [1.29, 1.82) is 0 Å². The highest BCUT2D eigenvalue weighted by Gasteiger charge is 2.18. The van der Waals surface area contributed by atoms with E-state index >= 15 is 0 Å². The molecule has 0 heterocycles. The molecule has 2 nitrogen and oxygen atoms in total. The molecule has 104 valence electrons. The van der Waals surface area contributed by atoms with E-state index in [1.165, 1.54) is 32.1 Å². The number of carbonyl (C=O) groups excluding carboxylic acids is 1. The molecule has 19 heavy (non-hydrogen) atoms. The number of rotatable bonds is 5. The van der Waals surface area contributed by atoms with E-state index in [1.807, 2.05) is 25.1 Å². The van der Waals surface area contributed by atoms with E-state index in [0.717, 1.165) is 15.8 Å². The third-order valence-electron chi connectivity index (χ3n) is 3.75. The lowest BCUT2D eigenvalue weighted by molar-refractivity contribution is 0.0950. The van der Waals surface area contributed by atoms with Gasteiger partial charge in [0.2, 0.25) is 0 Å². The second kappa shape index (κ2) is 7.09. The molecule has 2 rings (SSSR count). The van der Waals surface area contributed by atoms with Crippen molar-refractivity contribution in [2.75, 3.05) is 6.61 Å².